The lowest BCUT2D eigenvalue weighted by Gasteiger charge is -2.34. The number of aromatic nitrogens is 1. The highest BCUT2D eigenvalue weighted by atomic mass is 28.3. The third-order valence-electron chi connectivity index (χ3n) is 5.94. The molecule has 0 spiro atoms. The number of benzene rings is 3. The average Bonchev–Trinajstić information content (AvgIpc) is 2.82. The Bertz CT molecular complexity index is 905. The van der Waals surface area contributed by atoms with Gasteiger partial charge in [0, 0.05) is 11.9 Å². The molecule has 0 N–H and O–H groups in total. The van der Waals surface area contributed by atoms with E-state index in [2.05, 4.69) is 115 Å². The van der Waals surface area contributed by atoms with Crippen LogP contribution in [0.25, 0.3) is 0 Å². The van der Waals surface area contributed by atoms with Crippen LogP contribution in [0.15, 0.2) is 115 Å². The van der Waals surface area contributed by atoms with Gasteiger partial charge in [0.05, 0.1) is 0 Å². The maximum absolute atomic E-state index is 4.61. The first-order chi connectivity index (χ1) is 14.3. The van der Waals surface area contributed by atoms with E-state index in [4.69, 9.17) is 0 Å². The Kier molecular flexibility index (Phi) is 6.02. The predicted octanol–water partition coefficient (Wildman–Crippen LogP) is 4.75. The summed E-state index contributed by atoms with van der Waals surface area (Å²) in [5.74, 6) is 0.430. The Morgan fingerprint density at radius 3 is 1.48 bits per heavy atom. The molecule has 0 aliphatic carbocycles. The van der Waals surface area contributed by atoms with Gasteiger partial charge in [0.1, 0.15) is 8.07 Å². The van der Waals surface area contributed by atoms with Crippen LogP contribution in [-0.2, 0) is 0 Å². The van der Waals surface area contributed by atoms with Crippen LogP contribution in [0.2, 0.25) is 6.04 Å². The lowest BCUT2D eigenvalue weighted by molar-refractivity contribution is 0.703. The van der Waals surface area contributed by atoms with Crippen LogP contribution in [0, 0.1) is 0 Å². The predicted molar refractivity (Wildman–Crippen MR) is 126 cm³/mol. The zero-order valence-electron chi connectivity index (χ0n) is 16.9. The molecule has 2 heteroatoms. The summed E-state index contributed by atoms with van der Waals surface area (Å²) in [6, 6.07) is 40.9. The molecule has 1 atom stereocenters. The monoisotopic (exact) mass is 393 g/mol. The van der Waals surface area contributed by atoms with Crippen molar-refractivity contribution >= 4 is 23.6 Å². The van der Waals surface area contributed by atoms with Crippen molar-refractivity contribution in [1.82, 2.24) is 4.98 Å². The molecule has 3 aromatic carbocycles. The minimum Gasteiger partial charge on any atom is -0.261 e. The van der Waals surface area contributed by atoms with Gasteiger partial charge in [0.25, 0.3) is 0 Å². The van der Waals surface area contributed by atoms with Crippen molar-refractivity contribution in [2.75, 3.05) is 0 Å². The molecule has 4 rings (SSSR count). The fourth-order valence-corrected chi connectivity index (χ4v) is 9.37. The van der Waals surface area contributed by atoms with Crippen molar-refractivity contribution < 1.29 is 0 Å². The summed E-state index contributed by atoms with van der Waals surface area (Å²) in [5.41, 5.74) is 1.18. The number of hydrogen-bond donors (Lipinski definition) is 0. The van der Waals surface area contributed by atoms with E-state index in [0.29, 0.717) is 5.92 Å². The van der Waals surface area contributed by atoms with E-state index in [1.807, 2.05) is 12.3 Å². The molecule has 0 aliphatic rings. The quantitative estimate of drug-likeness (QED) is 0.326. The van der Waals surface area contributed by atoms with Gasteiger partial charge in [-0.3, -0.25) is 4.98 Å². The molecule has 1 nitrogen and oxygen atoms in total. The number of pyridine rings is 1. The summed E-state index contributed by atoms with van der Waals surface area (Å²) in [7, 11) is -2.15. The summed E-state index contributed by atoms with van der Waals surface area (Å²) in [5, 5.41) is 4.43. The Morgan fingerprint density at radius 2 is 1.07 bits per heavy atom. The van der Waals surface area contributed by atoms with Gasteiger partial charge in [-0.15, -0.1) is 0 Å². The topological polar surface area (TPSA) is 12.9 Å². The average molecular weight is 394 g/mol. The molecule has 1 unspecified atom stereocenters. The fourth-order valence-electron chi connectivity index (χ4n) is 4.35. The van der Waals surface area contributed by atoms with Gasteiger partial charge in [-0.2, -0.15) is 0 Å². The maximum atomic E-state index is 4.61. The summed E-state index contributed by atoms with van der Waals surface area (Å²) in [6.45, 7) is 2.31. The molecule has 0 aliphatic heterocycles. The van der Waals surface area contributed by atoms with Crippen LogP contribution < -0.4 is 15.6 Å². The first-order valence-electron chi connectivity index (χ1n) is 10.4. The van der Waals surface area contributed by atoms with E-state index < -0.39 is 8.07 Å². The van der Waals surface area contributed by atoms with Gasteiger partial charge in [0.15, 0.2) is 0 Å². The molecule has 0 bridgehead atoms. The maximum Gasteiger partial charge on any atom is 0.148 e. The first-order valence-corrected chi connectivity index (χ1v) is 12.6. The van der Waals surface area contributed by atoms with Crippen molar-refractivity contribution in [3.8, 4) is 0 Å². The first kappa shape index (κ1) is 19.3. The van der Waals surface area contributed by atoms with Crippen molar-refractivity contribution in [2.24, 2.45) is 0 Å². The molecular weight excluding hydrogens is 366 g/mol. The van der Waals surface area contributed by atoms with Crippen molar-refractivity contribution in [2.45, 2.75) is 25.3 Å². The summed E-state index contributed by atoms with van der Waals surface area (Å²) in [6.07, 6.45) is 3.02. The highest BCUT2D eigenvalue weighted by Crippen LogP contribution is 2.24. The van der Waals surface area contributed by atoms with Gasteiger partial charge in [0.2, 0.25) is 0 Å². The summed E-state index contributed by atoms with van der Waals surface area (Å²) < 4.78 is 0. The molecule has 0 amide bonds. The van der Waals surface area contributed by atoms with Crippen molar-refractivity contribution in [3.05, 3.63) is 121 Å². The summed E-state index contributed by atoms with van der Waals surface area (Å²) >= 11 is 0. The molecule has 0 fully saturated rings. The molecule has 144 valence electrons. The second kappa shape index (κ2) is 9.02. The SMILES string of the molecule is CC(CC[Si](c1ccccc1)(c1ccccc1)c1ccccc1)c1ccccn1. The van der Waals surface area contributed by atoms with E-state index in [0.717, 1.165) is 12.5 Å². The van der Waals surface area contributed by atoms with E-state index in [1.165, 1.54) is 21.3 Å². The Labute approximate surface area is 175 Å². The normalized spacial score (nSPS) is 12.4. The molecule has 4 aromatic rings. The molecule has 0 saturated heterocycles. The Morgan fingerprint density at radius 1 is 0.621 bits per heavy atom. The number of rotatable bonds is 7. The molecule has 29 heavy (non-hydrogen) atoms. The largest absolute Gasteiger partial charge is 0.261 e. The fraction of sp³-hybridized carbons (Fsp3) is 0.148. The highest BCUT2D eigenvalue weighted by molar-refractivity contribution is 7.11. The lowest BCUT2D eigenvalue weighted by Crippen LogP contribution is -2.67. The highest BCUT2D eigenvalue weighted by Gasteiger charge is 2.39. The standard InChI is InChI=1S/C27H27NSi/c1-23(27-19-11-12-21-28-27)20-22-29(24-13-5-2-6-14-24,25-15-7-3-8-16-25)26-17-9-4-10-18-26/h2-19,21,23H,20,22H2,1H3. The van der Waals surface area contributed by atoms with Crippen LogP contribution in [0.3, 0.4) is 0 Å². The van der Waals surface area contributed by atoms with Crippen molar-refractivity contribution in [1.29, 1.82) is 0 Å². The number of hydrogen-bond acceptors (Lipinski definition) is 1. The summed E-state index contributed by atoms with van der Waals surface area (Å²) in [4.78, 5) is 4.61. The van der Waals surface area contributed by atoms with Gasteiger partial charge >= 0.3 is 0 Å². The van der Waals surface area contributed by atoms with Gasteiger partial charge < -0.3 is 0 Å². The number of nitrogens with zero attached hydrogens (tertiary/aromatic N) is 1. The van der Waals surface area contributed by atoms with Crippen LogP contribution >= 0.6 is 0 Å². The molecule has 0 saturated carbocycles. The zero-order chi connectivity index (χ0) is 19.9. The van der Waals surface area contributed by atoms with E-state index >= 15 is 0 Å². The molecule has 0 radical (unpaired) electrons. The lowest BCUT2D eigenvalue weighted by atomic mass is 10.0. The van der Waals surface area contributed by atoms with E-state index in [-0.39, 0.29) is 0 Å². The Balaban J connectivity index is 1.82. The van der Waals surface area contributed by atoms with E-state index in [9.17, 15) is 0 Å². The third kappa shape index (κ3) is 4.08. The van der Waals surface area contributed by atoms with Crippen LogP contribution in [0.4, 0.5) is 0 Å². The Hall–Kier alpha value is -2.97. The van der Waals surface area contributed by atoms with Crippen LogP contribution in [0.1, 0.15) is 25.0 Å². The van der Waals surface area contributed by atoms with Gasteiger partial charge in [-0.05, 0) is 46.1 Å². The van der Waals surface area contributed by atoms with Crippen LogP contribution in [0.5, 0.6) is 0 Å². The third-order valence-corrected chi connectivity index (χ3v) is 10.9. The van der Waals surface area contributed by atoms with Gasteiger partial charge in [-0.1, -0.05) is 104 Å². The van der Waals surface area contributed by atoms with Gasteiger partial charge in [-0.25, -0.2) is 0 Å². The molecule has 1 aromatic heterocycles. The van der Waals surface area contributed by atoms with Crippen molar-refractivity contribution in [3.63, 3.8) is 0 Å². The minimum absolute atomic E-state index is 0.430. The zero-order valence-corrected chi connectivity index (χ0v) is 17.9. The molecule has 1 heterocycles. The van der Waals surface area contributed by atoms with E-state index in [1.54, 1.807) is 0 Å². The smallest absolute Gasteiger partial charge is 0.148 e. The molecular formula is C27H27NSi. The van der Waals surface area contributed by atoms with Crippen LogP contribution in [-0.4, -0.2) is 13.1 Å². The minimum atomic E-state index is -2.15. The second-order valence-corrected chi connectivity index (χ2v) is 11.7. The second-order valence-electron chi connectivity index (χ2n) is 7.70.